The Morgan fingerprint density at radius 2 is 0.610 bits per heavy atom. The summed E-state index contributed by atoms with van der Waals surface area (Å²) >= 11 is 0. The van der Waals surface area contributed by atoms with Crippen LogP contribution in [-0.2, 0) is 14.3 Å². The second-order valence-corrected chi connectivity index (χ2v) is 26.0. The van der Waals surface area contributed by atoms with E-state index in [1.54, 1.807) is 0 Å². The van der Waals surface area contributed by atoms with Crippen molar-refractivity contribution in [3.63, 3.8) is 0 Å². The van der Waals surface area contributed by atoms with Gasteiger partial charge in [0.1, 0.15) is 0 Å². The van der Waals surface area contributed by atoms with Gasteiger partial charge in [0.15, 0.2) is 0 Å². The number of carbonyl (C=O) groups is 2. The number of amides is 1. The molecule has 0 fully saturated rings. The average molecular weight is 1160 g/mol. The van der Waals surface area contributed by atoms with E-state index in [-0.39, 0.29) is 18.5 Å². The van der Waals surface area contributed by atoms with Crippen molar-refractivity contribution in [2.75, 3.05) is 13.2 Å². The smallest absolute Gasteiger partial charge is 0.305 e. The summed E-state index contributed by atoms with van der Waals surface area (Å²) in [5, 5.41) is 23.4. The van der Waals surface area contributed by atoms with Gasteiger partial charge in [0.05, 0.1) is 25.4 Å². The molecule has 0 aromatic carbocycles. The first-order chi connectivity index (χ1) is 40.5. The fraction of sp³-hybridized carbons (Fsp3) is 0.921. The molecular formula is C76H147NO5. The maximum absolute atomic E-state index is 12.5. The van der Waals surface area contributed by atoms with E-state index >= 15 is 0 Å². The standard InChI is InChI=1S/C76H147NO5/c1-3-5-7-9-11-13-15-17-19-40-44-48-52-56-60-64-68-74(79)73(72-78)77-75(80)69-65-61-57-53-49-45-41-38-36-34-32-30-28-26-24-22-21-23-25-27-29-31-33-35-37-39-43-47-51-55-59-63-67-71-82-76(81)70-66-62-58-54-50-46-42-20-18-16-14-12-10-8-6-4-2/h14,16,20,42,73-74,78-79H,3-13,15,17-19,21-41,43-72H2,1-2H3,(H,77,80)/b16-14-,42-20-. The summed E-state index contributed by atoms with van der Waals surface area (Å²) in [5.74, 6) is -0.0176. The summed E-state index contributed by atoms with van der Waals surface area (Å²) in [4.78, 5) is 24.6. The van der Waals surface area contributed by atoms with Crippen molar-refractivity contribution in [2.24, 2.45) is 0 Å². The lowest BCUT2D eigenvalue weighted by molar-refractivity contribution is -0.143. The second-order valence-electron chi connectivity index (χ2n) is 26.0. The number of carbonyl (C=O) groups excluding carboxylic acids is 2. The quantitative estimate of drug-likeness (QED) is 0.0320. The molecule has 0 bridgehead atoms. The molecule has 1 amide bonds. The number of nitrogens with one attached hydrogen (secondary N) is 1. The number of aliphatic hydroxyl groups excluding tert-OH is 2. The van der Waals surface area contributed by atoms with Crippen molar-refractivity contribution < 1.29 is 24.5 Å². The zero-order chi connectivity index (χ0) is 59.2. The van der Waals surface area contributed by atoms with Crippen LogP contribution in [0.5, 0.6) is 0 Å². The summed E-state index contributed by atoms with van der Waals surface area (Å²) in [6.45, 7) is 4.97. The van der Waals surface area contributed by atoms with Crippen LogP contribution in [0, 0.1) is 0 Å². The van der Waals surface area contributed by atoms with Crippen molar-refractivity contribution in [3.05, 3.63) is 24.3 Å². The molecule has 0 rings (SSSR count). The Hall–Kier alpha value is -1.66. The number of unbranched alkanes of at least 4 members (excludes halogenated alkanes) is 56. The van der Waals surface area contributed by atoms with E-state index in [2.05, 4.69) is 43.5 Å². The van der Waals surface area contributed by atoms with Crippen molar-refractivity contribution in [2.45, 2.75) is 437 Å². The topological polar surface area (TPSA) is 95.9 Å². The first-order valence-corrected chi connectivity index (χ1v) is 37.6. The first kappa shape index (κ1) is 80.3. The number of aliphatic hydroxyl groups is 2. The summed E-state index contributed by atoms with van der Waals surface area (Å²) in [5.41, 5.74) is 0. The van der Waals surface area contributed by atoms with Crippen LogP contribution < -0.4 is 5.32 Å². The normalized spacial score (nSPS) is 12.6. The molecule has 0 radical (unpaired) electrons. The molecule has 0 aromatic heterocycles. The van der Waals surface area contributed by atoms with Gasteiger partial charge in [-0.05, 0) is 57.8 Å². The highest BCUT2D eigenvalue weighted by Gasteiger charge is 2.20. The molecule has 6 nitrogen and oxygen atoms in total. The van der Waals surface area contributed by atoms with Crippen molar-refractivity contribution in [3.8, 4) is 0 Å². The van der Waals surface area contributed by atoms with Gasteiger partial charge in [-0.2, -0.15) is 0 Å². The summed E-state index contributed by atoms with van der Waals surface area (Å²) in [6.07, 6.45) is 91.1. The van der Waals surface area contributed by atoms with E-state index in [0.29, 0.717) is 25.9 Å². The monoisotopic (exact) mass is 1150 g/mol. The molecule has 2 unspecified atom stereocenters. The molecule has 0 aromatic rings. The van der Waals surface area contributed by atoms with Crippen LogP contribution in [0.4, 0.5) is 0 Å². The Labute approximate surface area is 513 Å². The number of esters is 1. The molecule has 0 aliphatic rings. The maximum atomic E-state index is 12.5. The van der Waals surface area contributed by atoms with Gasteiger partial charge in [-0.3, -0.25) is 9.59 Å². The van der Waals surface area contributed by atoms with Crippen molar-refractivity contribution in [1.29, 1.82) is 0 Å². The molecule has 3 N–H and O–H groups in total. The van der Waals surface area contributed by atoms with Gasteiger partial charge in [-0.25, -0.2) is 0 Å². The van der Waals surface area contributed by atoms with Crippen LogP contribution in [0.1, 0.15) is 425 Å². The van der Waals surface area contributed by atoms with Crippen LogP contribution in [0.2, 0.25) is 0 Å². The molecule has 0 aliphatic heterocycles. The van der Waals surface area contributed by atoms with Crippen LogP contribution in [0.3, 0.4) is 0 Å². The van der Waals surface area contributed by atoms with Gasteiger partial charge in [-0.1, -0.05) is 378 Å². The first-order valence-electron chi connectivity index (χ1n) is 37.6. The minimum absolute atomic E-state index is 0.00894. The van der Waals surface area contributed by atoms with Gasteiger partial charge < -0.3 is 20.3 Å². The van der Waals surface area contributed by atoms with Gasteiger partial charge >= 0.3 is 5.97 Å². The highest BCUT2D eigenvalue weighted by atomic mass is 16.5. The summed E-state index contributed by atoms with van der Waals surface area (Å²) in [6, 6.07) is -0.537. The van der Waals surface area contributed by atoms with Crippen molar-refractivity contribution in [1.82, 2.24) is 5.32 Å². The van der Waals surface area contributed by atoms with E-state index in [9.17, 15) is 19.8 Å². The Kier molecular flexibility index (Phi) is 70.4. The van der Waals surface area contributed by atoms with E-state index in [4.69, 9.17) is 4.74 Å². The molecule has 0 aliphatic carbocycles. The van der Waals surface area contributed by atoms with Crippen LogP contribution in [0.25, 0.3) is 0 Å². The van der Waals surface area contributed by atoms with Gasteiger partial charge in [0.2, 0.25) is 5.91 Å². The van der Waals surface area contributed by atoms with Gasteiger partial charge in [0.25, 0.3) is 0 Å². The predicted octanol–water partition coefficient (Wildman–Crippen LogP) is 24.5. The van der Waals surface area contributed by atoms with Gasteiger partial charge in [-0.15, -0.1) is 0 Å². The van der Waals surface area contributed by atoms with E-state index in [1.165, 1.54) is 340 Å². The molecule has 2 atom stereocenters. The highest BCUT2D eigenvalue weighted by Crippen LogP contribution is 2.20. The third-order valence-corrected chi connectivity index (χ3v) is 17.8. The molecular weight excluding hydrogens is 1010 g/mol. The Bertz CT molecular complexity index is 1280. The molecule has 82 heavy (non-hydrogen) atoms. The minimum atomic E-state index is -0.661. The Balaban J connectivity index is 3.31. The highest BCUT2D eigenvalue weighted by molar-refractivity contribution is 5.76. The zero-order valence-electron chi connectivity index (χ0n) is 55.8. The van der Waals surface area contributed by atoms with E-state index in [1.807, 2.05) is 0 Å². The van der Waals surface area contributed by atoms with Gasteiger partial charge in [0, 0.05) is 12.8 Å². The fourth-order valence-corrected chi connectivity index (χ4v) is 12.0. The number of ether oxygens (including phenoxy) is 1. The Morgan fingerprint density at radius 1 is 0.341 bits per heavy atom. The largest absolute Gasteiger partial charge is 0.466 e. The van der Waals surface area contributed by atoms with Crippen LogP contribution in [-0.4, -0.2) is 47.4 Å². The third kappa shape index (κ3) is 67.5. The predicted molar refractivity (Wildman–Crippen MR) is 361 cm³/mol. The molecule has 6 heteroatoms. The molecule has 486 valence electrons. The SMILES string of the molecule is CCCCCC/C=C\C/C=C\CCCCCCCC(=O)OCCCCCCCCCCCCCCCCCCCCCCCCCCCCCCCCCCCC(=O)NC(CO)C(O)CCCCCCCCCCCCCCCCCC. The lowest BCUT2D eigenvalue weighted by atomic mass is 10.0. The number of allylic oxidation sites excluding steroid dienone is 4. The molecule has 0 spiro atoms. The number of rotatable bonds is 71. The molecule has 0 saturated carbocycles. The maximum Gasteiger partial charge on any atom is 0.305 e. The van der Waals surface area contributed by atoms with Crippen molar-refractivity contribution >= 4 is 11.9 Å². The lowest BCUT2D eigenvalue weighted by Crippen LogP contribution is -2.45. The van der Waals surface area contributed by atoms with E-state index < -0.39 is 12.1 Å². The molecule has 0 heterocycles. The number of hydrogen-bond acceptors (Lipinski definition) is 5. The van der Waals surface area contributed by atoms with Crippen LogP contribution >= 0.6 is 0 Å². The van der Waals surface area contributed by atoms with Crippen LogP contribution in [0.15, 0.2) is 24.3 Å². The number of hydrogen-bond donors (Lipinski definition) is 3. The second kappa shape index (κ2) is 71.8. The zero-order valence-corrected chi connectivity index (χ0v) is 55.8. The fourth-order valence-electron chi connectivity index (χ4n) is 12.0. The Morgan fingerprint density at radius 3 is 0.939 bits per heavy atom. The van der Waals surface area contributed by atoms with E-state index in [0.717, 1.165) is 51.4 Å². The summed E-state index contributed by atoms with van der Waals surface area (Å²) in [7, 11) is 0. The average Bonchev–Trinajstić information content (AvgIpc) is 3.48. The lowest BCUT2D eigenvalue weighted by Gasteiger charge is -2.22. The molecule has 0 saturated heterocycles. The summed E-state index contributed by atoms with van der Waals surface area (Å²) < 4.78 is 5.50. The third-order valence-electron chi connectivity index (χ3n) is 17.8. The minimum Gasteiger partial charge on any atom is -0.466 e.